The van der Waals surface area contributed by atoms with Gasteiger partial charge in [-0.3, -0.25) is 9.59 Å². The van der Waals surface area contributed by atoms with E-state index >= 15 is 0 Å². The molecule has 0 bridgehead atoms. The molecule has 1 aromatic rings. The lowest BCUT2D eigenvalue weighted by Gasteiger charge is -2.20. The van der Waals surface area contributed by atoms with E-state index in [4.69, 9.17) is 23.2 Å². The number of ketones is 1. The van der Waals surface area contributed by atoms with Gasteiger partial charge >= 0.3 is 5.97 Å². The molecule has 0 spiro atoms. The number of halogens is 2. The molecule has 1 unspecified atom stereocenters. The van der Waals surface area contributed by atoms with E-state index < -0.39 is 23.3 Å². The van der Waals surface area contributed by atoms with Crippen molar-refractivity contribution in [3.63, 3.8) is 0 Å². The van der Waals surface area contributed by atoms with Crippen LogP contribution in [0.1, 0.15) is 37.6 Å². The third-order valence-electron chi connectivity index (χ3n) is 3.01. The van der Waals surface area contributed by atoms with Crippen molar-refractivity contribution < 1.29 is 19.5 Å². The van der Waals surface area contributed by atoms with Gasteiger partial charge in [0, 0.05) is 16.9 Å². The number of hydrogen-bond donors (Lipinski definition) is 2. The number of hydrogen-bond acceptors (Lipinski definition) is 3. The molecule has 0 saturated heterocycles. The molecule has 22 heavy (non-hydrogen) atoms. The summed E-state index contributed by atoms with van der Waals surface area (Å²) in [6.07, 6.45) is -0.296. The number of amides is 1. The predicted octanol–water partition coefficient (Wildman–Crippen LogP) is 3.18. The Labute approximate surface area is 138 Å². The van der Waals surface area contributed by atoms with Crippen molar-refractivity contribution in [1.82, 2.24) is 5.32 Å². The Balaban J connectivity index is 2.89. The van der Waals surface area contributed by atoms with Gasteiger partial charge in [-0.1, -0.05) is 44.0 Å². The molecular weight excluding hydrogens is 329 g/mol. The Morgan fingerprint density at radius 3 is 2.27 bits per heavy atom. The number of rotatable bonds is 5. The van der Waals surface area contributed by atoms with Gasteiger partial charge in [0.15, 0.2) is 0 Å². The Morgan fingerprint density at radius 2 is 1.82 bits per heavy atom. The van der Waals surface area contributed by atoms with Crippen LogP contribution >= 0.6 is 23.2 Å². The number of carboxylic acid groups (broad SMARTS) is 1. The van der Waals surface area contributed by atoms with Crippen LogP contribution in [0.15, 0.2) is 18.2 Å². The van der Waals surface area contributed by atoms with Gasteiger partial charge in [0.1, 0.15) is 11.8 Å². The van der Waals surface area contributed by atoms with E-state index in [0.29, 0.717) is 5.02 Å². The summed E-state index contributed by atoms with van der Waals surface area (Å²) >= 11 is 11.6. The minimum absolute atomic E-state index is 0.0977. The molecule has 120 valence electrons. The predicted molar refractivity (Wildman–Crippen MR) is 84.4 cm³/mol. The van der Waals surface area contributed by atoms with E-state index in [1.807, 2.05) is 0 Å². The zero-order chi connectivity index (χ0) is 17.1. The smallest absolute Gasteiger partial charge is 0.326 e. The summed E-state index contributed by atoms with van der Waals surface area (Å²) in [5, 5.41) is 12.0. The van der Waals surface area contributed by atoms with E-state index in [1.54, 1.807) is 20.8 Å². The van der Waals surface area contributed by atoms with Gasteiger partial charge < -0.3 is 10.4 Å². The van der Waals surface area contributed by atoms with E-state index in [9.17, 15) is 19.5 Å². The number of nitrogens with one attached hydrogen (secondary N) is 1. The summed E-state index contributed by atoms with van der Waals surface area (Å²) in [4.78, 5) is 35.3. The molecule has 0 aliphatic rings. The summed E-state index contributed by atoms with van der Waals surface area (Å²) in [5.41, 5.74) is -0.586. The number of Topliss-reactive ketones (excluding diaryl/α,β-unsaturated/α-hetero) is 1. The third-order valence-corrected chi connectivity index (χ3v) is 3.55. The van der Waals surface area contributed by atoms with E-state index in [1.165, 1.54) is 18.2 Å². The molecule has 1 amide bonds. The fourth-order valence-electron chi connectivity index (χ4n) is 1.60. The molecule has 0 fully saturated rings. The van der Waals surface area contributed by atoms with Crippen molar-refractivity contribution in [1.29, 1.82) is 0 Å². The van der Waals surface area contributed by atoms with Crippen molar-refractivity contribution in [2.45, 2.75) is 33.2 Å². The van der Waals surface area contributed by atoms with Crippen LogP contribution in [0.3, 0.4) is 0 Å². The lowest BCUT2D eigenvalue weighted by molar-refractivity contribution is -0.142. The number of carboxylic acids is 1. The van der Waals surface area contributed by atoms with Crippen LogP contribution in [0.2, 0.25) is 10.0 Å². The second-order valence-corrected chi connectivity index (χ2v) is 6.71. The fourth-order valence-corrected chi connectivity index (χ4v) is 2.10. The van der Waals surface area contributed by atoms with E-state index in [-0.39, 0.29) is 22.8 Å². The van der Waals surface area contributed by atoms with Crippen LogP contribution in [-0.2, 0) is 9.59 Å². The van der Waals surface area contributed by atoms with Crippen molar-refractivity contribution >= 4 is 40.9 Å². The van der Waals surface area contributed by atoms with Gasteiger partial charge in [-0.15, -0.1) is 0 Å². The van der Waals surface area contributed by atoms with Crippen molar-refractivity contribution in [2.24, 2.45) is 5.41 Å². The molecule has 0 heterocycles. The number of carbonyl (C=O) groups excluding carboxylic acids is 2. The second-order valence-electron chi connectivity index (χ2n) is 5.87. The highest BCUT2D eigenvalue weighted by molar-refractivity contribution is 6.36. The van der Waals surface area contributed by atoms with Gasteiger partial charge in [-0.25, -0.2) is 4.79 Å². The first-order valence-corrected chi connectivity index (χ1v) is 7.30. The largest absolute Gasteiger partial charge is 0.480 e. The van der Waals surface area contributed by atoms with Crippen LogP contribution in [0.5, 0.6) is 0 Å². The summed E-state index contributed by atoms with van der Waals surface area (Å²) in [7, 11) is 0. The van der Waals surface area contributed by atoms with Gasteiger partial charge in [-0.2, -0.15) is 0 Å². The third kappa shape index (κ3) is 5.00. The van der Waals surface area contributed by atoms with Crippen molar-refractivity contribution in [3.8, 4) is 0 Å². The first kappa shape index (κ1) is 18.5. The van der Waals surface area contributed by atoms with Crippen LogP contribution in [0, 0.1) is 5.41 Å². The number of benzene rings is 1. The summed E-state index contributed by atoms with van der Waals surface area (Å²) in [6, 6.07) is 2.93. The summed E-state index contributed by atoms with van der Waals surface area (Å²) < 4.78 is 0. The topological polar surface area (TPSA) is 83.5 Å². The lowest BCUT2D eigenvalue weighted by atomic mass is 9.87. The first-order valence-electron chi connectivity index (χ1n) is 6.54. The highest BCUT2D eigenvalue weighted by Gasteiger charge is 2.29. The summed E-state index contributed by atoms with van der Waals surface area (Å²) in [6.45, 7) is 5.06. The second kappa shape index (κ2) is 7.11. The zero-order valence-corrected chi connectivity index (χ0v) is 14.0. The average molecular weight is 346 g/mol. The van der Waals surface area contributed by atoms with Crippen LogP contribution < -0.4 is 5.32 Å². The molecular formula is C15H17Cl2NO4. The average Bonchev–Trinajstić information content (AvgIpc) is 2.36. The Hall–Kier alpha value is -1.59. The SMILES string of the molecule is CC(C)(C)C(=O)CC(NC(=O)c1ccc(Cl)cc1Cl)C(=O)O. The van der Waals surface area contributed by atoms with Gasteiger partial charge in [0.25, 0.3) is 5.91 Å². The summed E-state index contributed by atoms with van der Waals surface area (Å²) in [5.74, 6) is -2.21. The number of carbonyl (C=O) groups is 3. The van der Waals surface area contributed by atoms with Crippen molar-refractivity contribution in [2.75, 3.05) is 0 Å². The molecule has 0 radical (unpaired) electrons. The molecule has 2 N–H and O–H groups in total. The zero-order valence-electron chi connectivity index (χ0n) is 12.4. The Bertz CT molecular complexity index is 608. The lowest BCUT2D eigenvalue weighted by Crippen LogP contribution is -2.43. The van der Waals surface area contributed by atoms with Gasteiger partial charge in [-0.05, 0) is 18.2 Å². The fraction of sp³-hybridized carbons (Fsp3) is 0.400. The molecule has 0 aromatic heterocycles. The molecule has 0 saturated carbocycles. The monoisotopic (exact) mass is 345 g/mol. The quantitative estimate of drug-likeness (QED) is 0.858. The molecule has 0 aliphatic carbocycles. The molecule has 1 atom stereocenters. The van der Waals surface area contributed by atoms with E-state index in [0.717, 1.165) is 0 Å². The maximum atomic E-state index is 12.1. The highest BCUT2D eigenvalue weighted by Crippen LogP contribution is 2.22. The van der Waals surface area contributed by atoms with Gasteiger partial charge in [0.05, 0.1) is 10.6 Å². The minimum Gasteiger partial charge on any atom is -0.480 e. The molecule has 1 aromatic carbocycles. The Morgan fingerprint density at radius 1 is 1.23 bits per heavy atom. The maximum Gasteiger partial charge on any atom is 0.326 e. The molecule has 7 heteroatoms. The minimum atomic E-state index is -1.31. The number of aliphatic carboxylic acids is 1. The standard InChI is InChI=1S/C15H17Cl2NO4/c1-15(2,3)12(19)7-11(14(21)22)18-13(20)9-5-4-8(16)6-10(9)17/h4-6,11H,7H2,1-3H3,(H,18,20)(H,21,22). The molecule has 0 aliphatic heterocycles. The maximum absolute atomic E-state index is 12.1. The molecule has 5 nitrogen and oxygen atoms in total. The van der Waals surface area contributed by atoms with Crippen LogP contribution in [0.25, 0.3) is 0 Å². The molecule has 1 rings (SSSR count). The highest BCUT2D eigenvalue weighted by atomic mass is 35.5. The van der Waals surface area contributed by atoms with Crippen molar-refractivity contribution in [3.05, 3.63) is 33.8 Å². The van der Waals surface area contributed by atoms with Crippen LogP contribution in [0.4, 0.5) is 0 Å². The Kier molecular flexibility index (Phi) is 5.97. The normalized spacial score (nSPS) is 12.6. The first-order chi connectivity index (χ1) is 10.0. The van der Waals surface area contributed by atoms with Gasteiger partial charge in [0.2, 0.25) is 0 Å². The van der Waals surface area contributed by atoms with Crippen LogP contribution in [-0.4, -0.2) is 28.8 Å². The van der Waals surface area contributed by atoms with E-state index in [2.05, 4.69) is 5.32 Å².